The minimum Gasteiger partial charge on any atom is -0.347 e. The van der Waals surface area contributed by atoms with Gasteiger partial charge in [-0.3, -0.25) is 4.79 Å². The lowest BCUT2D eigenvalue weighted by molar-refractivity contribution is 0.0946. The number of rotatable bonds is 3. The Morgan fingerprint density at radius 1 is 1.47 bits per heavy atom. The summed E-state index contributed by atoms with van der Waals surface area (Å²) in [6.45, 7) is 2.59. The standard InChI is InChI=1S/C12H11BrN2OS/c1-8-6-17-7-9(8)4-15-12(16)11-3-2-10(13)5-14-11/h2-3,5-7H,4H2,1H3,(H,15,16). The third-order valence-electron chi connectivity index (χ3n) is 2.36. The molecule has 0 fully saturated rings. The van der Waals surface area contributed by atoms with E-state index in [0.29, 0.717) is 12.2 Å². The van der Waals surface area contributed by atoms with Gasteiger partial charge in [0.1, 0.15) is 5.69 Å². The van der Waals surface area contributed by atoms with Crippen molar-refractivity contribution in [2.45, 2.75) is 13.5 Å². The second kappa shape index (κ2) is 5.42. The van der Waals surface area contributed by atoms with Gasteiger partial charge in [0.2, 0.25) is 0 Å². The molecule has 0 atom stereocenters. The molecule has 3 nitrogen and oxygen atoms in total. The second-order valence-corrected chi connectivity index (χ2v) is 5.28. The van der Waals surface area contributed by atoms with Crippen molar-refractivity contribution in [1.29, 1.82) is 0 Å². The van der Waals surface area contributed by atoms with Gasteiger partial charge in [-0.05, 0) is 56.9 Å². The molecule has 17 heavy (non-hydrogen) atoms. The first-order valence-corrected chi connectivity index (χ1v) is 6.82. The van der Waals surface area contributed by atoms with Crippen LogP contribution in [0.15, 0.2) is 33.6 Å². The molecule has 0 spiro atoms. The van der Waals surface area contributed by atoms with E-state index in [9.17, 15) is 4.79 Å². The molecule has 0 saturated heterocycles. The molecule has 0 radical (unpaired) electrons. The zero-order chi connectivity index (χ0) is 12.3. The highest BCUT2D eigenvalue weighted by atomic mass is 79.9. The Labute approximate surface area is 112 Å². The van der Waals surface area contributed by atoms with Crippen LogP contribution in [0, 0.1) is 6.92 Å². The highest BCUT2D eigenvalue weighted by Gasteiger charge is 2.07. The molecule has 0 aromatic carbocycles. The molecule has 2 aromatic rings. The minimum atomic E-state index is -0.150. The Hall–Kier alpha value is -1.20. The summed E-state index contributed by atoms with van der Waals surface area (Å²) in [6, 6.07) is 3.50. The first-order valence-electron chi connectivity index (χ1n) is 5.08. The van der Waals surface area contributed by atoms with E-state index in [1.807, 2.05) is 12.3 Å². The Balaban J connectivity index is 1.98. The number of nitrogens with zero attached hydrogens (tertiary/aromatic N) is 1. The summed E-state index contributed by atoms with van der Waals surface area (Å²) < 4.78 is 0.864. The van der Waals surface area contributed by atoms with Gasteiger partial charge in [-0.2, -0.15) is 11.3 Å². The van der Waals surface area contributed by atoms with Gasteiger partial charge in [0.25, 0.3) is 5.91 Å². The lowest BCUT2D eigenvalue weighted by Crippen LogP contribution is -2.23. The van der Waals surface area contributed by atoms with Gasteiger partial charge in [0.05, 0.1) is 0 Å². The van der Waals surface area contributed by atoms with Gasteiger partial charge in [-0.1, -0.05) is 0 Å². The third-order valence-corrected chi connectivity index (χ3v) is 3.74. The normalized spacial score (nSPS) is 10.2. The van der Waals surface area contributed by atoms with Gasteiger partial charge in [0.15, 0.2) is 0 Å². The Morgan fingerprint density at radius 3 is 2.88 bits per heavy atom. The summed E-state index contributed by atoms with van der Waals surface area (Å²) in [6.07, 6.45) is 1.62. The molecule has 88 valence electrons. The number of pyridine rings is 1. The lowest BCUT2D eigenvalue weighted by atomic mass is 10.2. The van der Waals surface area contributed by atoms with Crippen molar-refractivity contribution in [3.8, 4) is 0 Å². The first kappa shape index (κ1) is 12.3. The highest BCUT2D eigenvalue weighted by Crippen LogP contribution is 2.13. The number of hydrogen-bond acceptors (Lipinski definition) is 3. The number of aryl methyl sites for hydroxylation is 1. The van der Waals surface area contributed by atoms with Crippen LogP contribution in [0.25, 0.3) is 0 Å². The van der Waals surface area contributed by atoms with Crippen LogP contribution >= 0.6 is 27.3 Å². The van der Waals surface area contributed by atoms with Crippen LogP contribution in [-0.2, 0) is 6.54 Å². The Morgan fingerprint density at radius 2 is 2.29 bits per heavy atom. The van der Waals surface area contributed by atoms with Crippen LogP contribution in [0.2, 0.25) is 0 Å². The fourth-order valence-electron chi connectivity index (χ4n) is 1.34. The predicted octanol–water partition coefficient (Wildman–Crippen LogP) is 3.14. The highest BCUT2D eigenvalue weighted by molar-refractivity contribution is 9.10. The molecule has 2 heterocycles. The number of aromatic nitrogens is 1. The molecule has 2 rings (SSSR count). The van der Waals surface area contributed by atoms with E-state index in [4.69, 9.17) is 0 Å². The number of nitrogens with one attached hydrogen (secondary N) is 1. The van der Waals surface area contributed by atoms with Crippen molar-refractivity contribution in [1.82, 2.24) is 10.3 Å². The van der Waals surface area contributed by atoms with Crippen LogP contribution in [0.4, 0.5) is 0 Å². The molecule has 0 aliphatic heterocycles. The monoisotopic (exact) mass is 310 g/mol. The molecule has 1 N–H and O–H groups in total. The maximum absolute atomic E-state index is 11.8. The van der Waals surface area contributed by atoms with Crippen molar-refractivity contribution in [2.75, 3.05) is 0 Å². The molecule has 0 aliphatic carbocycles. The Bertz CT molecular complexity index is 522. The van der Waals surface area contributed by atoms with E-state index in [-0.39, 0.29) is 5.91 Å². The van der Waals surface area contributed by atoms with Crippen LogP contribution in [0.5, 0.6) is 0 Å². The van der Waals surface area contributed by atoms with Crippen molar-refractivity contribution in [2.24, 2.45) is 0 Å². The molecule has 0 unspecified atom stereocenters. The maximum Gasteiger partial charge on any atom is 0.270 e. The number of halogens is 1. The number of carbonyl (C=O) groups excluding carboxylic acids is 1. The summed E-state index contributed by atoms with van der Waals surface area (Å²) in [5.74, 6) is -0.150. The zero-order valence-electron chi connectivity index (χ0n) is 9.24. The average Bonchev–Trinajstić information content (AvgIpc) is 2.73. The summed E-state index contributed by atoms with van der Waals surface area (Å²) in [5, 5.41) is 6.97. The molecule has 2 aromatic heterocycles. The number of thiophene rings is 1. The smallest absolute Gasteiger partial charge is 0.270 e. The van der Waals surface area contributed by atoms with Gasteiger partial charge >= 0.3 is 0 Å². The molecular formula is C12H11BrN2OS. The zero-order valence-corrected chi connectivity index (χ0v) is 11.6. The largest absolute Gasteiger partial charge is 0.347 e. The summed E-state index contributed by atoms with van der Waals surface area (Å²) >= 11 is 4.92. The van der Waals surface area contributed by atoms with Crippen molar-refractivity contribution in [3.63, 3.8) is 0 Å². The average molecular weight is 311 g/mol. The van der Waals surface area contributed by atoms with Gasteiger partial charge < -0.3 is 5.32 Å². The minimum absolute atomic E-state index is 0.150. The van der Waals surface area contributed by atoms with E-state index in [0.717, 1.165) is 10.0 Å². The second-order valence-electron chi connectivity index (χ2n) is 3.62. The fourth-order valence-corrected chi connectivity index (χ4v) is 2.44. The summed E-state index contributed by atoms with van der Waals surface area (Å²) in [7, 11) is 0. The summed E-state index contributed by atoms with van der Waals surface area (Å²) in [4.78, 5) is 15.8. The van der Waals surface area contributed by atoms with Gasteiger partial charge in [0, 0.05) is 17.2 Å². The Kier molecular flexibility index (Phi) is 3.91. The molecule has 0 saturated carbocycles. The van der Waals surface area contributed by atoms with Crippen LogP contribution in [-0.4, -0.2) is 10.9 Å². The van der Waals surface area contributed by atoms with Gasteiger partial charge in [-0.15, -0.1) is 0 Å². The molecule has 0 aliphatic rings. The number of hydrogen-bond donors (Lipinski definition) is 1. The fraction of sp³-hybridized carbons (Fsp3) is 0.167. The molecule has 0 bridgehead atoms. The number of amides is 1. The third kappa shape index (κ3) is 3.14. The van der Waals surface area contributed by atoms with Crippen molar-refractivity contribution in [3.05, 3.63) is 50.4 Å². The SMILES string of the molecule is Cc1cscc1CNC(=O)c1ccc(Br)cn1. The number of carbonyl (C=O) groups is 1. The molecular weight excluding hydrogens is 300 g/mol. The molecule has 1 amide bonds. The topological polar surface area (TPSA) is 42.0 Å². The van der Waals surface area contributed by atoms with Crippen molar-refractivity contribution < 1.29 is 4.79 Å². The maximum atomic E-state index is 11.8. The van der Waals surface area contributed by atoms with E-state index in [2.05, 4.69) is 31.6 Å². The van der Waals surface area contributed by atoms with Gasteiger partial charge in [-0.25, -0.2) is 4.98 Å². The van der Waals surface area contributed by atoms with E-state index < -0.39 is 0 Å². The van der Waals surface area contributed by atoms with Crippen LogP contribution in [0.1, 0.15) is 21.6 Å². The van der Waals surface area contributed by atoms with Crippen molar-refractivity contribution >= 4 is 33.2 Å². The molecule has 5 heteroatoms. The van der Waals surface area contributed by atoms with E-state index in [1.165, 1.54) is 5.56 Å². The summed E-state index contributed by atoms with van der Waals surface area (Å²) in [5.41, 5.74) is 2.79. The quantitative estimate of drug-likeness (QED) is 0.946. The van der Waals surface area contributed by atoms with Crippen LogP contribution in [0.3, 0.4) is 0 Å². The predicted molar refractivity (Wildman–Crippen MR) is 72.2 cm³/mol. The first-order chi connectivity index (χ1) is 8.16. The van der Waals surface area contributed by atoms with Crippen LogP contribution < -0.4 is 5.32 Å². The van der Waals surface area contributed by atoms with E-state index in [1.54, 1.807) is 29.7 Å². The van der Waals surface area contributed by atoms with E-state index >= 15 is 0 Å². The lowest BCUT2D eigenvalue weighted by Gasteiger charge is -2.04.